The summed E-state index contributed by atoms with van der Waals surface area (Å²) in [5.74, 6) is 0.122. The standard InChI is InChI=1S/C16H16ClNO3/c1-9(2)13-5-4-12(6-10(13)3)21-15-8-11(16(19)20)7-14(17)18-15/h4-9H,1-3H3,(H,19,20). The van der Waals surface area contributed by atoms with Crippen molar-refractivity contribution in [1.82, 2.24) is 4.98 Å². The van der Waals surface area contributed by atoms with Crippen molar-refractivity contribution in [3.05, 3.63) is 52.2 Å². The summed E-state index contributed by atoms with van der Waals surface area (Å²) in [4.78, 5) is 15.0. The first-order valence-electron chi connectivity index (χ1n) is 6.56. The lowest BCUT2D eigenvalue weighted by molar-refractivity contribution is 0.0696. The Bertz CT molecular complexity index is 683. The summed E-state index contributed by atoms with van der Waals surface area (Å²) in [5.41, 5.74) is 2.40. The fourth-order valence-electron chi connectivity index (χ4n) is 2.13. The van der Waals surface area contributed by atoms with Crippen LogP contribution in [0.5, 0.6) is 11.6 Å². The average molecular weight is 306 g/mol. The lowest BCUT2D eigenvalue weighted by atomic mass is 9.98. The highest BCUT2D eigenvalue weighted by Gasteiger charge is 2.10. The molecule has 0 aliphatic carbocycles. The second-order valence-electron chi connectivity index (χ2n) is 5.10. The number of aryl methyl sites for hydroxylation is 1. The molecule has 0 unspecified atom stereocenters. The molecule has 21 heavy (non-hydrogen) atoms. The fraction of sp³-hybridized carbons (Fsp3) is 0.250. The molecule has 0 radical (unpaired) electrons. The van der Waals surface area contributed by atoms with Crippen LogP contribution in [0.1, 0.15) is 41.3 Å². The lowest BCUT2D eigenvalue weighted by Crippen LogP contribution is -1.99. The maximum Gasteiger partial charge on any atom is 0.335 e. The summed E-state index contributed by atoms with van der Waals surface area (Å²) < 4.78 is 5.61. The van der Waals surface area contributed by atoms with Gasteiger partial charge >= 0.3 is 5.97 Å². The summed E-state index contributed by atoms with van der Waals surface area (Å²) >= 11 is 5.80. The van der Waals surface area contributed by atoms with E-state index in [0.717, 1.165) is 5.56 Å². The van der Waals surface area contributed by atoms with E-state index >= 15 is 0 Å². The van der Waals surface area contributed by atoms with Crippen LogP contribution in [0, 0.1) is 6.92 Å². The number of aromatic carboxylic acids is 1. The highest BCUT2D eigenvalue weighted by Crippen LogP contribution is 2.27. The lowest BCUT2D eigenvalue weighted by Gasteiger charge is -2.12. The minimum Gasteiger partial charge on any atom is -0.478 e. The second-order valence-corrected chi connectivity index (χ2v) is 5.48. The molecule has 0 amide bonds. The third-order valence-corrected chi connectivity index (χ3v) is 3.30. The summed E-state index contributed by atoms with van der Waals surface area (Å²) in [6.45, 7) is 6.26. The number of nitrogens with zero attached hydrogens (tertiary/aromatic N) is 1. The molecule has 0 atom stereocenters. The summed E-state index contributed by atoms with van der Waals surface area (Å²) in [5, 5.41) is 9.08. The third-order valence-electron chi connectivity index (χ3n) is 3.10. The van der Waals surface area contributed by atoms with Gasteiger partial charge in [0.05, 0.1) is 5.56 Å². The van der Waals surface area contributed by atoms with Crippen molar-refractivity contribution in [3.8, 4) is 11.6 Å². The average Bonchev–Trinajstić information content (AvgIpc) is 2.37. The quantitative estimate of drug-likeness (QED) is 0.835. The maximum atomic E-state index is 11.0. The first-order valence-corrected chi connectivity index (χ1v) is 6.94. The van der Waals surface area contributed by atoms with Crippen molar-refractivity contribution < 1.29 is 14.6 Å². The normalized spacial score (nSPS) is 10.7. The van der Waals surface area contributed by atoms with Crippen LogP contribution in [0.4, 0.5) is 0 Å². The van der Waals surface area contributed by atoms with Crippen molar-refractivity contribution in [2.24, 2.45) is 0 Å². The van der Waals surface area contributed by atoms with Gasteiger partial charge < -0.3 is 9.84 Å². The first-order chi connectivity index (χ1) is 9.86. The molecule has 0 saturated carbocycles. The van der Waals surface area contributed by atoms with Gasteiger partial charge in [0.15, 0.2) is 0 Å². The summed E-state index contributed by atoms with van der Waals surface area (Å²) in [6, 6.07) is 8.37. The summed E-state index contributed by atoms with van der Waals surface area (Å²) in [6.07, 6.45) is 0. The van der Waals surface area contributed by atoms with Gasteiger partial charge in [-0.25, -0.2) is 9.78 Å². The van der Waals surface area contributed by atoms with E-state index in [2.05, 4.69) is 18.8 Å². The third kappa shape index (κ3) is 3.73. The van der Waals surface area contributed by atoms with Crippen LogP contribution < -0.4 is 4.74 Å². The van der Waals surface area contributed by atoms with Crippen molar-refractivity contribution in [2.75, 3.05) is 0 Å². The van der Waals surface area contributed by atoms with E-state index < -0.39 is 5.97 Å². The Morgan fingerprint density at radius 3 is 2.57 bits per heavy atom. The molecule has 2 rings (SSSR count). The molecule has 0 saturated heterocycles. The van der Waals surface area contributed by atoms with Gasteiger partial charge in [0, 0.05) is 6.07 Å². The topological polar surface area (TPSA) is 59.4 Å². The van der Waals surface area contributed by atoms with Gasteiger partial charge in [-0.15, -0.1) is 0 Å². The van der Waals surface area contributed by atoms with Gasteiger partial charge in [0.2, 0.25) is 5.88 Å². The first kappa shape index (κ1) is 15.3. The van der Waals surface area contributed by atoms with Crippen molar-refractivity contribution in [3.63, 3.8) is 0 Å². The molecular weight excluding hydrogens is 290 g/mol. The second kappa shape index (κ2) is 6.14. The number of benzene rings is 1. The van der Waals surface area contributed by atoms with Gasteiger partial charge in [-0.1, -0.05) is 31.5 Å². The number of hydrogen-bond donors (Lipinski definition) is 1. The fourth-order valence-corrected chi connectivity index (χ4v) is 2.33. The molecule has 1 N–H and O–H groups in total. The number of carboxylic acid groups (broad SMARTS) is 1. The Kier molecular flexibility index (Phi) is 4.48. The van der Waals surface area contributed by atoms with Crippen LogP contribution in [0.3, 0.4) is 0 Å². The Morgan fingerprint density at radius 2 is 2.00 bits per heavy atom. The predicted octanol–water partition coefficient (Wildman–Crippen LogP) is 4.66. The number of rotatable bonds is 4. The Hall–Kier alpha value is -2.07. The van der Waals surface area contributed by atoms with E-state index in [9.17, 15) is 4.79 Å². The van der Waals surface area contributed by atoms with Crippen LogP contribution in [-0.2, 0) is 0 Å². The number of carboxylic acids is 1. The monoisotopic (exact) mass is 305 g/mol. The van der Waals surface area contributed by atoms with Crippen LogP contribution in [0.2, 0.25) is 5.15 Å². The number of pyridine rings is 1. The zero-order valence-electron chi connectivity index (χ0n) is 12.1. The highest BCUT2D eigenvalue weighted by molar-refractivity contribution is 6.29. The van der Waals surface area contributed by atoms with Crippen LogP contribution in [0.15, 0.2) is 30.3 Å². The van der Waals surface area contributed by atoms with E-state index in [0.29, 0.717) is 11.7 Å². The Morgan fingerprint density at radius 1 is 1.29 bits per heavy atom. The smallest absolute Gasteiger partial charge is 0.335 e. The van der Waals surface area contributed by atoms with Crippen molar-refractivity contribution in [2.45, 2.75) is 26.7 Å². The maximum absolute atomic E-state index is 11.0. The molecule has 1 aromatic carbocycles. The van der Waals surface area contributed by atoms with Gasteiger partial charge in [-0.3, -0.25) is 0 Å². The summed E-state index contributed by atoms with van der Waals surface area (Å²) in [7, 11) is 0. The van der Waals surface area contributed by atoms with Crippen molar-refractivity contribution in [1.29, 1.82) is 0 Å². The molecule has 2 aromatic rings. The predicted molar refractivity (Wildman–Crippen MR) is 81.5 cm³/mol. The van der Waals surface area contributed by atoms with Crippen LogP contribution in [-0.4, -0.2) is 16.1 Å². The Labute approximate surface area is 128 Å². The SMILES string of the molecule is Cc1cc(Oc2cc(C(=O)O)cc(Cl)n2)ccc1C(C)C. The molecule has 4 nitrogen and oxygen atoms in total. The van der Waals surface area contributed by atoms with Crippen LogP contribution in [0.25, 0.3) is 0 Å². The molecule has 110 valence electrons. The number of hydrogen-bond acceptors (Lipinski definition) is 3. The van der Waals surface area contributed by atoms with E-state index in [-0.39, 0.29) is 16.6 Å². The van der Waals surface area contributed by atoms with Crippen LogP contribution >= 0.6 is 11.6 Å². The molecule has 0 aliphatic rings. The van der Waals surface area contributed by atoms with E-state index in [4.69, 9.17) is 21.4 Å². The molecule has 1 heterocycles. The number of ether oxygens (including phenoxy) is 1. The van der Waals surface area contributed by atoms with E-state index in [1.165, 1.54) is 17.7 Å². The number of aromatic nitrogens is 1. The van der Waals surface area contributed by atoms with E-state index in [1.54, 1.807) is 0 Å². The zero-order valence-corrected chi connectivity index (χ0v) is 12.8. The minimum atomic E-state index is -1.07. The molecule has 0 aliphatic heterocycles. The minimum absolute atomic E-state index is 0.0422. The molecule has 5 heteroatoms. The molecule has 1 aromatic heterocycles. The van der Waals surface area contributed by atoms with Gasteiger partial charge in [-0.05, 0) is 42.2 Å². The Balaban J connectivity index is 2.30. The zero-order chi connectivity index (χ0) is 15.6. The molecule has 0 fully saturated rings. The number of halogens is 1. The van der Waals surface area contributed by atoms with Gasteiger partial charge in [0.25, 0.3) is 0 Å². The largest absolute Gasteiger partial charge is 0.478 e. The van der Waals surface area contributed by atoms with Gasteiger partial charge in [-0.2, -0.15) is 0 Å². The van der Waals surface area contributed by atoms with E-state index in [1.807, 2.05) is 25.1 Å². The molecular formula is C16H16ClNO3. The highest BCUT2D eigenvalue weighted by atomic mass is 35.5. The van der Waals surface area contributed by atoms with Crippen molar-refractivity contribution >= 4 is 17.6 Å². The number of carbonyl (C=O) groups is 1. The molecule has 0 spiro atoms. The van der Waals surface area contributed by atoms with Gasteiger partial charge in [0.1, 0.15) is 10.9 Å². The molecule has 0 bridgehead atoms.